The van der Waals surface area contributed by atoms with Gasteiger partial charge in [-0.15, -0.1) is 6.58 Å². The van der Waals surface area contributed by atoms with Gasteiger partial charge in [0.25, 0.3) is 0 Å². The normalized spacial score (nSPS) is 14.8. The van der Waals surface area contributed by atoms with Gasteiger partial charge in [0.1, 0.15) is 12.4 Å². The average molecular weight is 237 g/mol. The number of hydrogen-bond acceptors (Lipinski definition) is 3. The van der Waals surface area contributed by atoms with Crippen LogP contribution in [0.1, 0.15) is 51.4 Å². The van der Waals surface area contributed by atoms with Gasteiger partial charge in [0.05, 0.1) is 0 Å². The van der Waals surface area contributed by atoms with Gasteiger partial charge in [0.2, 0.25) is 5.91 Å². The number of amidine groups is 1. The van der Waals surface area contributed by atoms with Crippen LogP contribution in [0.4, 0.5) is 0 Å². The summed E-state index contributed by atoms with van der Waals surface area (Å²) in [5, 5.41) is 6.83. The van der Waals surface area contributed by atoms with Gasteiger partial charge in [0, 0.05) is 6.42 Å². The second kappa shape index (κ2) is 8.79. The van der Waals surface area contributed by atoms with Gasteiger partial charge in [-0.1, -0.05) is 31.8 Å². The van der Waals surface area contributed by atoms with Gasteiger partial charge in [0.15, 0.2) is 0 Å². The number of nitrogens with zero attached hydrogens (tertiary/aromatic N) is 1. The Morgan fingerprint density at radius 3 is 2.59 bits per heavy atom. The monoisotopic (exact) mass is 237 g/mol. The number of nitrogens with one attached hydrogen (secondary N) is 2. The highest BCUT2D eigenvalue weighted by Crippen LogP contribution is 2.09. The van der Waals surface area contributed by atoms with Crippen LogP contribution in [0.2, 0.25) is 0 Å². The minimum absolute atomic E-state index is 0.0134. The first-order valence-electron chi connectivity index (χ1n) is 6.53. The summed E-state index contributed by atoms with van der Waals surface area (Å²) in [5.41, 5.74) is 2.73. The Balaban J connectivity index is 1.92. The van der Waals surface area contributed by atoms with Crippen molar-refractivity contribution in [1.82, 2.24) is 10.7 Å². The maximum atomic E-state index is 11.0. The Morgan fingerprint density at radius 1 is 1.18 bits per heavy atom. The molecule has 96 valence electrons. The van der Waals surface area contributed by atoms with Gasteiger partial charge in [-0.05, 0) is 19.3 Å². The van der Waals surface area contributed by atoms with Crippen molar-refractivity contribution in [2.75, 3.05) is 6.54 Å². The minimum atomic E-state index is 0.0134. The zero-order chi connectivity index (χ0) is 12.3. The predicted octanol–water partition coefficient (Wildman–Crippen LogP) is 2.33. The molecule has 1 aliphatic heterocycles. The molecule has 0 radical (unpaired) electrons. The number of carbonyl (C=O) groups excluding carboxylic acids is 1. The van der Waals surface area contributed by atoms with Crippen molar-refractivity contribution >= 4 is 11.7 Å². The van der Waals surface area contributed by atoms with Crippen molar-refractivity contribution in [3.05, 3.63) is 12.7 Å². The molecule has 0 aromatic carbocycles. The second-order valence-electron chi connectivity index (χ2n) is 4.39. The second-order valence-corrected chi connectivity index (χ2v) is 4.39. The van der Waals surface area contributed by atoms with E-state index in [2.05, 4.69) is 22.4 Å². The number of amides is 1. The van der Waals surface area contributed by atoms with Gasteiger partial charge in [-0.2, -0.15) is 5.10 Å². The number of rotatable bonds is 9. The van der Waals surface area contributed by atoms with E-state index in [0.717, 1.165) is 25.1 Å². The molecule has 1 rings (SSSR count). The molecule has 4 nitrogen and oxygen atoms in total. The van der Waals surface area contributed by atoms with Gasteiger partial charge in [-0.3, -0.25) is 10.2 Å². The number of carbonyl (C=O) groups is 1. The highest BCUT2D eigenvalue weighted by molar-refractivity contribution is 6.00. The molecule has 17 heavy (non-hydrogen) atoms. The van der Waals surface area contributed by atoms with Crippen LogP contribution in [-0.2, 0) is 4.79 Å². The molecule has 0 atom stereocenters. The van der Waals surface area contributed by atoms with E-state index in [1.165, 1.54) is 32.1 Å². The summed E-state index contributed by atoms with van der Waals surface area (Å²) in [5.74, 6) is 0.798. The van der Waals surface area contributed by atoms with E-state index in [0.29, 0.717) is 6.54 Å². The first-order valence-corrected chi connectivity index (χ1v) is 6.53. The minimum Gasteiger partial charge on any atom is -0.311 e. The van der Waals surface area contributed by atoms with Crippen molar-refractivity contribution in [3.8, 4) is 0 Å². The van der Waals surface area contributed by atoms with Gasteiger partial charge in [-0.25, -0.2) is 0 Å². The third kappa shape index (κ3) is 6.76. The van der Waals surface area contributed by atoms with E-state index in [4.69, 9.17) is 0 Å². The van der Waals surface area contributed by atoms with Crippen molar-refractivity contribution in [1.29, 1.82) is 0 Å². The Bertz CT molecular complexity index is 274. The topological polar surface area (TPSA) is 53.5 Å². The van der Waals surface area contributed by atoms with Crippen molar-refractivity contribution < 1.29 is 4.79 Å². The number of allylic oxidation sites excluding steroid dienone is 1. The summed E-state index contributed by atoms with van der Waals surface area (Å²) < 4.78 is 0. The summed E-state index contributed by atoms with van der Waals surface area (Å²) in [6.07, 6.45) is 11.4. The third-order valence-electron chi connectivity index (χ3n) is 2.81. The van der Waals surface area contributed by atoms with Crippen molar-refractivity contribution in [3.63, 3.8) is 0 Å². The third-order valence-corrected chi connectivity index (χ3v) is 2.81. The fourth-order valence-corrected chi connectivity index (χ4v) is 1.85. The molecular weight excluding hydrogens is 214 g/mol. The number of hydrazone groups is 1. The first-order chi connectivity index (χ1) is 8.33. The Morgan fingerprint density at radius 2 is 1.88 bits per heavy atom. The zero-order valence-corrected chi connectivity index (χ0v) is 10.5. The maximum Gasteiger partial charge on any atom is 0.246 e. The van der Waals surface area contributed by atoms with Crippen molar-refractivity contribution in [2.24, 2.45) is 5.10 Å². The SMILES string of the molecule is C=CCCCCCCCCC1=NNCC(=O)N1. The van der Waals surface area contributed by atoms with E-state index < -0.39 is 0 Å². The largest absolute Gasteiger partial charge is 0.311 e. The molecular formula is C13H23N3O. The van der Waals surface area contributed by atoms with Crippen LogP contribution in [0.15, 0.2) is 17.8 Å². The first kappa shape index (κ1) is 13.7. The summed E-state index contributed by atoms with van der Waals surface area (Å²) in [6.45, 7) is 4.01. The molecule has 1 aliphatic rings. The van der Waals surface area contributed by atoms with Crippen LogP contribution in [0.25, 0.3) is 0 Å². The maximum absolute atomic E-state index is 11.0. The highest BCUT2D eigenvalue weighted by atomic mass is 16.2. The molecule has 1 amide bonds. The Labute approximate surface area is 104 Å². The standard InChI is InChI=1S/C13H23N3O/c1-2-3-4-5-6-7-8-9-10-12-15-13(17)11-14-16-12/h2,14H,1,3-11H2,(H,15,16,17). The van der Waals surface area contributed by atoms with Crippen molar-refractivity contribution in [2.45, 2.75) is 51.4 Å². The smallest absolute Gasteiger partial charge is 0.246 e. The molecule has 0 aliphatic carbocycles. The van der Waals surface area contributed by atoms with E-state index in [9.17, 15) is 4.79 Å². The van der Waals surface area contributed by atoms with Crippen LogP contribution >= 0.6 is 0 Å². The van der Waals surface area contributed by atoms with Crippen LogP contribution in [0.3, 0.4) is 0 Å². The van der Waals surface area contributed by atoms with Gasteiger partial charge < -0.3 is 5.32 Å². The molecule has 0 bridgehead atoms. The lowest BCUT2D eigenvalue weighted by molar-refractivity contribution is -0.119. The summed E-state index contributed by atoms with van der Waals surface area (Å²) in [4.78, 5) is 11.0. The predicted molar refractivity (Wildman–Crippen MR) is 70.7 cm³/mol. The van der Waals surface area contributed by atoms with E-state index in [1.807, 2.05) is 6.08 Å². The van der Waals surface area contributed by atoms with Crippen LogP contribution < -0.4 is 10.7 Å². The Kier molecular flexibility index (Phi) is 7.11. The molecule has 0 saturated heterocycles. The zero-order valence-electron chi connectivity index (χ0n) is 10.5. The molecule has 0 saturated carbocycles. The van der Waals surface area contributed by atoms with Crippen LogP contribution in [-0.4, -0.2) is 18.3 Å². The highest BCUT2D eigenvalue weighted by Gasteiger charge is 2.09. The molecule has 0 aromatic heterocycles. The summed E-state index contributed by atoms with van der Waals surface area (Å²) in [6, 6.07) is 0. The Hall–Kier alpha value is -1.32. The fourth-order valence-electron chi connectivity index (χ4n) is 1.85. The molecule has 4 heteroatoms. The molecule has 0 fully saturated rings. The summed E-state index contributed by atoms with van der Waals surface area (Å²) in [7, 11) is 0. The number of hydrogen-bond donors (Lipinski definition) is 2. The average Bonchev–Trinajstić information content (AvgIpc) is 2.33. The van der Waals surface area contributed by atoms with E-state index >= 15 is 0 Å². The van der Waals surface area contributed by atoms with E-state index in [-0.39, 0.29) is 5.91 Å². The molecule has 1 heterocycles. The summed E-state index contributed by atoms with van der Waals surface area (Å²) >= 11 is 0. The lowest BCUT2D eigenvalue weighted by Crippen LogP contribution is -2.42. The lowest BCUT2D eigenvalue weighted by Gasteiger charge is -2.13. The molecule has 0 aromatic rings. The fraction of sp³-hybridized carbons (Fsp3) is 0.692. The van der Waals surface area contributed by atoms with Crippen LogP contribution in [0, 0.1) is 0 Å². The van der Waals surface area contributed by atoms with Crippen LogP contribution in [0.5, 0.6) is 0 Å². The lowest BCUT2D eigenvalue weighted by atomic mass is 10.1. The molecule has 0 unspecified atom stereocenters. The number of unbranched alkanes of at least 4 members (excludes halogenated alkanes) is 6. The molecule has 0 spiro atoms. The quantitative estimate of drug-likeness (QED) is 0.477. The van der Waals surface area contributed by atoms with Gasteiger partial charge >= 0.3 is 0 Å². The molecule has 2 N–H and O–H groups in total. The van der Waals surface area contributed by atoms with E-state index in [1.54, 1.807) is 0 Å².